The van der Waals surface area contributed by atoms with Crippen molar-refractivity contribution in [1.29, 1.82) is 0 Å². The summed E-state index contributed by atoms with van der Waals surface area (Å²) < 4.78 is 3.97. The van der Waals surface area contributed by atoms with Crippen LogP contribution in [0, 0.1) is 35.4 Å². The summed E-state index contributed by atoms with van der Waals surface area (Å²) in [5, 5.41) is 0. The maximum Gasteiger partial charge on any atom is 0.0519 e. The summed E-state index contributed by atoms with van der Waals surface area (Å²) in [5.74, 6) is 7.75. The van der Waals surface area contributed by atoms with E-state index in [0.29, 0.717) is 0 Å². The number of hydrogen-bond donors (Lipinski definition) is 0. The summed E-state index contributed by atoms with van der Waals surface area (Å²) in [7, 11) is 0. The molecule has 142 valence electrons. The first-order valence-electron chi connectivity index (χ1n) is 9.77. The maximum atomic E-state index is 3.48. The van der Waals surface area contributed by atoms with Crippen LogP contribution in [-0.4, -0.2) is 0 Å². The van der Waals surface area contributed by atoms with Crippen molar-refractivity contribution in [1.82, 2.24) is 0 Å². The molecule has 2 aromatic rings. The highest BCUT2D eigenvalue weighted by atomic mass is 127. The van der Waals surface area contributed by atoms with Crippen LogP contribution < -0.4 is 0 Å². The van der Waals surface area contributed by atoms with Crippen LogP contribution in [0.5, 0.6) is 0 Å². The molecule has 1 unspecified atom stereocenters. The molecule has 1 atom stereocenters. The Morgan fingerprint density at radius 1 is 1.04 bits per heavy atom. The van der Waals surface area contributed by atoms with Crippen LogP contribution in [0.2, 0.25) is 0 Å². The van der Waals surface area contributed by atoms with Gasteiger partial charge in [0.05, 0.1) is 5.56 Å². The summed E-state index contributed by atoms with van der Waals surface area (Å²) in [6, 6.07) is 8.88. The van der Waals surface area contributed by atoms with Crippen molar-refractivity contribution in [3.63, 3.8) is 0 Å². The van der Waals surface area contributed by atoms with Gasteiger partial charge in [-0.15, -0.1) is 0 Å². The Labute approximate surface area is 205 Å². The zero-order valence-electron chi connectivity index (χ0n) is 16.0. The number of hydrogen-bond acceptors (Lipinski definition) is 0. The van der Waals surface area contributed by atoms with E-state index in [1.54, 1.807) is 11.1 Å². The fourth-order valence-corrected chi connectivity index (χ4v) is 6.63. The van der Waals surface area contributed by atoms with Gasteiger partial charge in [-0.1, -0.05) is 50.5 Å². The quantitative estimate of drug-likeness (QED) is 0.174. The fraction of sp³-hybridized carbons (Fsp3) is 0.417. The monoisotopic (exact) mass is 694 g/mol. The second-order valence-electron chi connectivity index (χ2n) is 7.50. The van der Waals surface area contributed by atoms with Crippen LogP contribution >= 0.6 is 67.8 Å². The van der Waals surface area contributed by atoms with Crippen molar-refractivity contribution in [2.75, 3.05) is 0 Å². The summed E-state index contributed by atoms with van der Waals surface area (Å²) in [6.07, 6.45) is 9.31. The van der Waals surface area contributed by atoms with Gasteiger partial charge in [-0.3, -0.25) is 0 Å². The second kappa shape index (κ2) is 10.3. The molecule has 0 nitrogen and oxygen atoms in total. The average Bonchev–Trinajstić information content (AvgIpc) is 2.64. The number of benzene rings is 2. The molecule has 1 aliphatic rings. The molecule has 0 radical (unpaired) electrons. The second-order valence-corrected chi connectivity index (χ2v) is 10.9. The van der Waals surface area contributed by atoms with E-state index in [-0.39, 0.29) is 0 Å². The standard InChI is InChI=1S/C24H25I3/c1-3-4-5-6-17-9-11-20-19(13-17)15-23(26)21(24(20)27)12-10-18-8-7-16(2)22(25)14-18/h7-8,14-15,17H,3-6,9,11,13H2,1-2H3. The molecular weight excluding hydrogens is 669 g/mol. The fourth-order valence-electron chi connectivity index (χ4n) is 3.77. The lowest BCUT2D eigenvalue weighted by molar-refractivity contribution is 0.407. The van der Waals surface area contributed by atoms with Crippen molar-refractivity contribution in [3.8, 4) is 11.8 Å². The van der Waals surface area contributed by atoms with Crippen molar-refractivity contribution in [2.45, 2.75) is 58.8 Å². The third kappa shape index (κ3) is 5.63. The number of aryl methyl sites for hydroxylation is 1. The minimum absolute atomic E-state index is 0.877. The van der Waals surface area contributed by atoms with Gasteiger partial charge in [-0.2, -0.15) is 0 Å². The van der Waals surface area contributed by atoms with Gasteiger partial charge in [0.2, 0.25) is 0 Å². The minimum Gasteiger partial charge on any atom is -0.0654 e. The van der Waals surface area contributed by atoms with E-state index in [4.69, 9.17) is 0 Å². The number of fused-ring (bicyclic) bond motifs is 1. The van der Waals surface area contributed by atoms with Gasteiger partial charge in [-0.25, -0.2) is 0 Å². The maximum absolute atomic E-state index is 3.48. The van der Waals surface area contributed by atoms with E-state index in [1.165, 1.54) is 66.8 Å². The highest BCUT2D eigenvalue weighted by molar-refractivity contribution is 14.1. The third-order valence-corrected chi connectivity index (χ3v) is 8.65. The third-order valence-electron chi connectivity index (χ3n) is 5.44. The molecule has 0 spiro atoms. The topological polar surface area (TPSA) is 0 Å². The molecule has 3 rings (SSSR count). The molecule has 27 heavy (non-hydrogen) atoms. The van der Waals surface area contributed by atoms with Crippen molar-refractivity contribution in [2.24, 2.45) is 5.92 Å². The van der Waals surface area contributed by atoms with Gasteiger partial charge in [0.15, 0.2) is 0 Å². The average molecular weight is 694 g/mol. The molecule has 0 aliphatic heterocycles. The highest BCUT2D eigenvalue weighted by Gasteiger charge is 2.22. The van der Waals surface area contributed by atoms with Crippen LogP contribution in [0.3, 0.4) is 0 Å². The number of unbranched alkanes of at least 4 members (excludes halogenated alkanes) is 2. The van der Waals surface area contributed by atoms with Crippen LogP contribution in [0.15, 0.2) is 24.3 Å². The van der Waals surface area contributed by atoms with Gasteiger partial charge >= 0.3 is 0 Å². The van der Waals surface area contributed by atoms with Crippen LogP contribution in [0.4, 0.5) is 0 Å². The van der Waals surface area contributed by atoms with E-state index in [0.717, 1.165) is 11.5 Å². The SMILES string of the molecule is CCCCCC1CCc2c(cc(I)c(C#Cc3ccc(C)c(I)c3)c2I)C1. The Morgan fingerprint density at radius 3 is 2.59 bits per heavy atom. The highest BCUT2D eigenvalue weighted by Crippen LogP contribution is 2.35. The Hall–Kier alpha value is 0.190. The molecule has 0 fully saturated rings. The van der Waals surface area contributed by atoms with Gasteiger partial charge < -0.3 is 0 Å². The molecule has 0 amide bonds. The summed E-state index contributed by atoms with van der Waals surface area (Å²) in [4.78, 5) is 0. The van der Waals surface area contributed by atoms with Crippen molar-refractivity contribution in [3.05, 3.63) is 62.8 Å². The molecule has 0 saturated heterocycles. The van der Waals surface area contributed by atoms with Crippen LogP contribution in [0.1, 0.15) is 66.8 Å². The van der Waals surface area contributed by atoms with E-state index in [9.17, 15) is 0 Å². The summed E-state index contributed by atoms with van der Waals surface area (Å²) in [5.41, 5.74) is 6.77. The molecule has 0 bridgehead atoms. The molecule has 0 aromatic heterocycles. The molecule has 0 N–H and O–H groups in total. The zero-order chi connectivity index (χ0) is 19.4. The van der Waals surface area contributed by atoms with E-state index in [2.05, 4.69) is 118 Å². The first kappa shape index (κ1) is 21.9. The normalized spacial score (nSPS) is 15.8. The molecule has 2 aromatic carbocycles. The summed E-state index contributed by atoms with van der Waals surface area (Å²) in [6.45, 7) is 4.44. The Kier molecular flexibility index (Phi) is 8.34. The largest absolute Gasteiger partial charge is 0.0654 e. The smallest absolute Gasteiger partial charge is 0.0519 e. The Balaban J connectivity index is 1.83. The molecule has 1 aliphatic carbocycles. The van der Waals surface area contributed by atoms with Crippen LogP contribution in [0.25, 0.3) is 0 Å². The number of rotatable bonds is 4. The van der Waals surface area contributed by atoms with E-state index < -0.39 is 0 Å². The predicted octanol–water partition coefficient (Wildman–Crippen LogP) is 7.89. The molecule has 0 heterocycles. The first-order valence-corrected chi connectivity index (χ1v) is 13.0. The Bertz CT molecular complexity index is 887. The minimum atomic E-state index is 0.877. The van der Waals surface area contributed by atoms with Gasteiger partial charge in [0, 0.05) is 16.3 Å². The molecule has 3 heteroatoms. The first-order chi connectivity index (χ1) is 13.0. The van der Waals surface area contributed by atoms with E-state index in [1.807, 2.05) is 0 Å². The van der Waals surface area contributed by atoms with Crippen molar-refractivity contribution < 1.29 is 0 Å². The summed E-state index contributed by atoms with van der Waals surface area (Å²) >= 11 is 7.41. The van der Waals surface area contributed by atoms with Gasteiger partial charge in [0.25, 0.3) is 0 Å². The zero-order valence-corrected chi connectivity index (χ0v) is 22.4. The predicted molar refractivity (Wildman–Crippen MR) is 141 cm³/mol. The van der Waals surface area contributed by atoms with Crippen molar-refractivity contribution >= 4 is 67.8 Å². The number of halogens is 3. The molecular formula is C24H25I3. The molecule has 0 saturated carbocycles. The van der Waals surface area contributed by atoms with Gasteiger partial charge in [-0.05, 0) is 135 Å². The van der Waals surface area contributed by atoms with Crippen LogP contribution in [-0.2, 0) is 12.8 Å². The van der Waals surface area contributed by atoms with Gasteiger partial charge in [0.1, 0.15) is 0 Å². The van der Waals surface area contributed by atoms with E-state index >= 15 is 0 Å². The lowest BCUT2D eigenvalue weighted by Gasteiger charge is -2.26. The Morgan fingerprint density at radius 2 is 1.85 bits per heavy atom. The lowest BCUT2D eigenvalue weighted by atomic mass is 9.81. The lowest BCUT2D eigenvalue weighted by Crippen LogP contribution is -2.16.